The lowest BCUT2D eigenvalue weighted by Gasteiger charge is -2.43. The smallest absolute Gasteiger partial charge is 0.336 e. The molecule has 0 fully saturated rings. The first-order valence-corrected chi connectivity index (χ1v) is 8.22. The molecule has 0 aliphatic heterocycles. The average molecular weight is 340 g/mol. The lowest BCUT2D eigenvalue weighted by atomic mass is 9.64. The molecule has 1 N–H and O–H groups in total. The van der Waals surface area contributed by atoms with E-state index < -0.39 is 17.0 Å². The van der Waals surface area contributed by atoms with Crippen molar-refractivity contribution in [3.8, 4) is 5.75 Å². The van der Waals surface area contributed by atoms with Gasteiger partial charge in [0.2, 0.25) is 0 Å². The summed E-state index contributed by atoms with van der Waals surface area (Å²) < 4.78 is 5.21. The van der Waals surface area contributed by atoms with Gasteiger partial charge in [0.05, 0.1) is 0 Å². The van der Waals surface area contributed by atoms with Crippen LogP contribution in [0.25, 0.3) is 0 Å². The molecule has 132 valence electrons. The van der Waals surface area contributed by atoms with E-state index in [2.05, 4.69) is 0 Å². The van der Waals surface area contributed by atoms with E-state index in [0.29, 0.717) is 16.9 Å². The first-order chi connectivity index (χ1) is 11.6. The Kier molecular flexibility index (Phi) is 5.43. The average Bonchev–Trinajstić information content (AvgIpc) is 2.51. The van der Waals surface area contributed by atoms with Crippen LogP contribution in [-0.2, 0) is 9.59 Å². The SMILES string of the molecule is CC1=CC(=O)CC(C)(C)C1(O)/C=C/C(C)=C/C(=O)Oc1ccccc1. The summed E-state index contributed by atoms with van der Waals surface area (Å²) in [5.74, 6) is 0.00910. The molecule has 0 saturated heterocycles. The number of ether oxygens (including phenoxy) is 1. The number of para-hydroxylation sites is 1. The van der Waals surface area contributed by atoms with E-state index in [-0.39, 0.29) is 12.2 Å². The van der Waals surface area contributed by atoms with Crippen molar-refractivity contribution in [1.82, 2.24) is 0 Å². The third-order valence-electron chi connectivity index (χ3n) is 4.52. The lowest BCUT2D eigenvalue weighted by Crippen LogP contribution is -2.48. The lowest BCUT2D eigenvalue weighted by molar-refractivity contribution is -0.129. The Balaban J connectivity index is 2.15. The first kappa shape index (κ1) is 18.9. The molecular formula is C21H24O4. The molecule has 0 aromatic heterocycles. The van der Waals surface area contributed by atoms with Gasteiger partial charge in [-0.1, -0.05) is 38.1 Å². The third-order valence-corrected chi connectivity index (χ3v) is 4.52. The number of carbonyl (C=O) groups excluding carboxylic acids is 2. The molecule has 1 aliphatic carbocycles. The molecule has 1 aromatic carbocycles. The zero-order valence-corrected chi connectivity index (χ0v) is 15.1. The molecule has 0 radical (unpaired) electrons. The van der Waals surface area contributed by atoms with Crippen molar-refractivity contribution in [3.63, 3.8) is 0 Å². The van der Waals surface area contributed by atoms with Crippen LogP contribution in [0.4, 0.5) is 0 Å². The quantitative estimate of drug-likeness (QED) is 0.392. The van der Waals surface area contributed by atoms with E-state index in [1.165, 1.54) is 12.2 Å². The zero-order valence-electron chi connectivity index (χ0n) is 15.1. The second-order valence-corrected chi connectivity index (χ2v) is 7.08. The van der Waals surface area contributed by atoms with Crippen molar-refractivity contribution in [2.45, 2.75) is 39.7 Å². The summed E-state index contributed by atoms with van der Waals surface area (Å²) in [4.78, 5) is 23.7. The molecule has 1 unspecified atom stereocenters. The number of aliphatic hydroxyl groups is 1. The second kappa shape index (κ2) is 7.19. The fourth-order valence-electron chi connectivity index (χ4n) is 2.98. The van der Waals surface area contributed by atoms with Crippen LogP contribution in [0.15, 0.2) is 65.8 Å². The van der Waals surface area contributed by atoms with Crippen LogP contribution in [-0.4, -0.2) is 22.5 Å². The van der Waals surface area contributed by atoms with Gasteiger partial charge < -0.3 is 9.84 Å². The minimum absolute atomic E-state index is 0.0132. The molecule has 1 aliphatic rings. The van der Waals surface area contributed by atoms with Gasteiger partial charge in [0.15, 0.2) is 5.78 Å². The van der Waals surface area contributed by atoms with E-state index in [1.54, 1.807) is 50.3 Å². The summed E-state index contributed by atoms with van der Waals surface area (Å²) in [7, 11) is 0. The van der Waals surface area contributed by atoms with E-state index in [0.717, 1.165) is 0 Å². The summed E-state index contributed by atoms with van der Waals surface area (Å²) in [5, 5.41) is 11.1. The van der Waals surface area contributed by atoms with Gasteiger partial charge >= 0.3 is 5.97 Å². The molecule has 0 saturated carbocycles. The van der Waals surface area contributed by atoms with Crippen molar-refractivity contribution in [1.29, 1.82) is 0 Å². The molecule has 0 heterocycles. The minimum atomic E-state index is -1.24. The number of esters is 1. The number of allylic oxidation sites excluding steroid dienone is 3. The van der Waals surface area contributed by atoms with Crippen molar-refractivity contribution in [2.24, 2.45) is 5.41 Å². The summed E-state index contributed by atoms with van der Waals surface area (Å²) >= 11 is 0. The van der Waals surface area contributed by atoms with Gasteiger partial charge in [0.1, 0.15) is 11.4 Å². The topological polar surface area (TPSA) is 63.6 Å². The van der Waals surface area contributed by atoms with Gasteiger partial charge in [-0.3, -0.25) is 4.79 Å². The number of hydrogen-bond donors (Lipinski definition) is 1. The van der Waals surface area contributed by atoms with Crippen LogP contribution in [0.3, 0.4) is 0 Å². The molecule has 0 bridgehead atoms. The highest BCUT2D eigenvalue weighted by atomic mass is 16.5. The predicted octanol–water partition coefficient (Wildman–Crippen LogP) is 3.77. The minimum Gasteiger partial charge on any atom is -0.423 e. The Hall–Kier alpha value is -2.46. The standard InChI is InChI=1S/C21H24O4/c1-15(12-19(23)25-18-8-6-5-7-9-18)10-11-21(24)16(2)13-17(22)14-20(21,3)4/h5-13,24H,14H2,1-4H3/b11-10+,15-12+. The molecule has 0 amide bonds. The van der Waals surface area contributed by atoms with Gasteiger partial charge in [-0.05, 0) is 49.3 Å². The normalized spacial score (nSPS) is 23.5. The van der Waals surface area contributed by atoms with E-state index in [9.17, 15) is 14.7 Å². The highest BCUT2D eigenvalue weighted by molar-refractivity contribution is 5.92. The van der Waals surface area contributed by atoms with Gasteiger partial charge in [-0.2, -0.15) is 0 Å². The van der Waals surface area contributed by atoms with Gasteiger partial charge in [0.25, 0.3) is 0 Å². The van der Waals surface area contributed by atoms with Crippen molar-refractivity contribution < 1.29 is 19.4 Å². The van der Waals surface area contributed by atoms with Crippen LogP contribution in [0, 0.1) is 5.41 Å². The summed E-state index contributed by atoms with van der Waals surface area (Å²) in [5.41, 5.74) is -0.608. The molecule has 2 rings (SSSR count). The monoisotopic (exact) mass is 340 g/mol. The van der Waals surface area contributed by atoms with Crippen LogP contribution >= 0.6 is 0 Å². The second-order valence-electron chi connectivity index (χ2n) is 7.08. The number of ketones is 1. The maximum atomic E-state index is 11.9. The predicted molar refractivity (Wildman–Crippen MR) is 97.1 cm³/mol. The maximum absolute atomic E-state index is 11.9. The Labute approximate surface area is 148 Å². The fraction of sp³-hybridized carbons (Fsp3) is 0.333. The number of rotatable bonds is 4. The van der Waals surface area contributed by atoms with Crippen LogP contribution in [0.5, 0.6) is 5.75 Å². The van der Waals surface area contributed by atoms with Crippen LogP contribution < -0.4 is 4.74 Å². The van der Waals surface area contributed by atoms with Crippen molar-refractivity contribution in [2.75, 3.05) is 0 Å². The molecule has 1 aromatic rings. The Morgan fingerprint density at radius 2 is 1.88 bits per heavy atom. The maximum Gasteiger partial charge on any atom is 0.336 e. The third kappa shape index (κ3) is 4.34. The van der Waals surface area contributed by atoms with Crippen LogP contribution in [0.1, 0.15) is 34.1 Å². The number of hydrogen-bond acceptors (Lipinski definition) is 4. The van der Waals surface area contributed by atoms with Gasteiger partial charge in [-0.15, -0.1) is 0 Å². The largest absolute Gasteiger partial charge is 0.423 e. The Morgan fingerprint density at radius 1 is 1.24 bits per heavy atom. The first-order valence-electron chi connectivity index (χ1n) is 8.22. The molecule has 1 atom stereocenters. The van der Waals surface area contributed by atoms with Crippen LogP contribution in [0.2, 0.25) is 0 Å². The van der Waals surface area contributed by atoms with Crippen molar-refractivity contribution in [3.05, 3.63) is 65.8 Å². The van der Waals surface area contributed by atoms with Gasteiger partial charge in [0, 0.05) is 17.9 Å². The number of benzene rings is 1. The van der Waals surface area contributed by atoms with E-state index in [4.69, 9.17) is 4.74 Å². The summed E-state index contributed by atoms with van der Waals surface area (Å²) in [6, 6.07) is 8.82. The summed E-state index contributed by atoms with van der Waals surface area (Å²) in [6.07, 6.45) is 6.45. The highest BCUT2D eigenvalue weighted by Gasteiger charge is 2.46. The molecule has 25 heavy (non-hydrogen) atoms. The highest BCUT2D eigenvalue weighted by Crippen LogP contribution is 2.44. The Morgan fingerprint density at radius 3 is 2.48 bits per heavy atom. The fourth-order valence-corrected chi connectivity index (χ4v) is 2.98. The van der Waals surface area contributed by atoms with Crippen molar-refractivity contribution >= 4 is 11.8 Å². The Bertz CT molecular complexity index is 753. The van der Waals surface area contributed by atoms with Gasteiger partial charge in [-0.25, -0.2) is 4.79 Å². The zero-order chi connectivity index (χ0) is 18.7. The molecule has 0 spiro atoms. The van der Waals surface area contributed by atoms with E-state index >= 15 is 0 Å². The number of carbonyl (C=O) groups is 2. The molecular weight excluding hydrogens is 316 g/mol. The van der Waals surface area contributed by atoms with E-state index in [1.807, 2.05) is 19.9 Å². The molecule has 4 nitrogen and oxygen atoms in total. The summed E-state index contributed by atoms with van der Waals surface area (Å²) in [6.45, 7) is 7.21. The molecule has 4 heteroatoms.